The predicted molar refractivity (Wildman–Crippen MR) is 217 cm³/mol. The lowest BCUT2D eigenvalue weighted by atomic mass is 9.95. The van der Waals surface area contributed by atoms with Crippen molar-refractivity contribution in [3.8, 4) is 28.7 Å². The first kappa shape index (κ1) is 39.3. The zero-order chi connectivity index (χ0) is 39.6. The van der Waals surface area contributed by atoms with Gasteiger partial charge in [-0.05, 0) is 72.9 Å². The average molecular weight is 793 g/mol. The number of rotatable bonds is 10. The number of hydrogen-bond acceptors (Lipinski definition) is 8. The Balaban J connectivity index is 1.46. The Hall–Kier alpha value is -3.93. The highest BCUT2D eigenvalue weighted by molar-refractivity contribution is 7.92. The Bertz CT molecular complexity index is 2310. The molecule has 294 valence electrons. The summed E-state index contributed by atoms with van der Waals surface area (Å²) in [5.41, 5.74) is 4.30. The third kappa shape index (κ3) is 7.05. The van der Waals surface area contributed by atoms with E-state index >= 15 is 8.78 Å². The van der Waals surface area contributed by atoms with E-state index in [1.807, 2.05) is 11.8 Å². The van der Waals surface area contributed by atoms with Gasteiger partial charge < -0.3 is 9.64 Å². The van der Waals surface area contributed by atoms with Crippen LogP contribution >= 0.6 is 0 Å². The van der Waals surface area contributed by atoms with Gasteiger partial charge in [-0.1, -0.05) is 53.5 Å². The lowest BCUT2D eigenvalue weighted by molar-refractivity contribution is 0.107. The number of halogens is 3. The molecule has 7 rings (SSSR count). The van der Waals surface area contributed by atoms with Gasteiger partial charge in [0.1, 0.15) is 43.7 Å². The summed E-state index contributed by atoms with van der Waals surface area (Å²) < 4.78 is 81.8. The molecule has 2 aromatic heterocycles. The van der Waals surface area contributed by atoms with E-state index in [9.17, 15) is 12.8 Å². The first-order chi connectivity index (χ1) is 25.9. The van der Waals surface area contributed by atoms with Gasteiger partial charge in [0.05, 0.1) is 22.7 Å². The summed E-state index contributed by atoms with van der Waals surface area (Å²) >= 11 is 0. The molecule has 0 aliphatic carbocycles. The third-order valence-electron chi connectivity index (χ3n) is 12.4. The average Bonchev–Trinajstić information content (AvgIpc) is 3.63. The van der Waals surface area contributed by atoms with Gasteiger partial charge in [0.15, 0.2) is 5.82 Å². The Morgan fingerprint density at radius 1 is 1.07 bits per heavy atom. The molecule has 3 aliphatic rings. The molecule has 0 saturated carbocycles. The first-order valence-corrected chi connectivity index (χ1v) is 23.5. The number of pyridine rings is 1. The molecule has 0 unspecified atom stereocenters. The summed E-state index contributed by atoms with van der Waals surface area (Å²) in [6.45, 7) is 17.1. The number of ether oxygens (including phenoxy) is 1. The van der Waals surface area contributed by atoms with Crippen LogP contribution in [0.2, 0.25) is 16.6 Å². The summed E-state index contributed by atoms with van der Waals surface area (Å²) in [6, 6.07) is 6.02. The minimum absolute atomic E-state index is 0.0378. The maximum atomic E-state index is 17.4. The number of hydrogen-bond donors (Lipinski definition) is 1. The molecular weight excluding hydrogens is 742 g/mol. The van der Waals surface area contributed by atoms with Gasteiger partial charge in [0.25, 0.3) is 0 Å². The number of nitrogens with one attached hydrogen (secondary N) is 1. The van der Waals surface area contributed by atoms with Gasteiger partial charge in [-0.2, -0.15) is 4.98 Å². The molecule has 9 nitrogen and oxygen atoms in total. The van der Waals surface area contributed by atoms with Crippen LogP contribution in [0.15, 0.2) is 30.5 Å². The maximum Gasteiger partial charge on any atom is 0.317 e. The van der Waals surface area contributed by atoms with Crippen LogP contribution in [-0.4, -0.2) is 86.6 Å². The minimum atomic E-state index is -3.75. The van der Waals surface area contributed by atoms with E-state index < -0.39 is 41.4 Å². The second-order valence-corrected chi connectivity index (χ2v) is 24.1. The molecule has 4 aromatic rings. The monoisotopic (exact) mass is 792 g/mol. The van der Waals surface area contributed by atoms with Crippen LogP contribution in [0.1, 0.15) is 79.7 Å². The summed E-state index contributed by atoms with van der Waals surface area (Å²) in [5, 5.41) is 1.18. The maximum absolute atomic E-state index is 17.4. The van der Waals surface area contributed by atoms with Crippen molar-refractivity contribution in [3.05, 3.63) is 47.7 Å². The van der Waals surface area contributed by atoms with E-state index in [1.165, 1.54) is 18.3 Å². The van der Waals surface area contributed by atoms with Crippen LogP contribution in [0, 0.1) is 23.1 Å². The molecule has 3 saturated heterocycles. The van der Waals surface area contributed by atoms with Crippen molar-refractivity contribution in [2.24, 2.45) is 0 Å². The summed E-state index contributed by atoms with van der Waals surface area (Å²) in [5.74, 6) is 2.38. The van der Waals surface area contributed by atoms with Crippen molar-refractivity contribution in [1.82, 2.24) is 19.9 Å². The van der Waals surface area contributed by atoms with Crippen LogP contribution in [0.25, 0.3) is 32.9 Å². The SMILES string of the molecule is CC(C)[Si](C#Cc1c(F)ccc2cc(NS(C)(=O)=O)cc(-c3nc(N4CC[C@@H]4C)c4cnc(OC[C@@]56CCCN5C[C@H](F)C6)nc4c3F)c12)(C(C)C)C(C)C. The molecule has 1 N–H and O–H groups in total. The summed E-state index contributed by atoms with van der Waals surface area (Å²) in [7, 11) is -6.10. The van der Waals surface area contributed by atoms with Gasteiger partial charge in [0, 0.05) is 48.4 Å². The molecule has 55 heavy (non-hydrogen) atoms. The number of alkyl halides is 1. The predicted octanol–water partition coefficient (Wildman–Crippen LogP) is 8.62. The zero-order valence-corrected chi connectivity index (χ0v) is 34.7. The normalized spacial score (nSPS) is 21.7. The van der Waals surface area contributed by atoms with E-state index in [1.54, 1.807) is 12.1 Å². The van der Waals surface area contributed by atoms with Crippen LogP contribution in [0.5, 0.6) is 6.01 Å². The molecule has 0 radical (unpaired) electrons. The lowest BCUT2D eigenvalue weighted by Gasteiger charge is -2.40. The Morgan fingerprint density at radius 3 is 2.44 bits per heavy atom. The van der Waals surface area contributed by atoms with E-state index in [0.29, 0.717) is 41.5 Å². The lowest BCUT2D eigenvalue weighted by Crippen LogP contribution is -2.46. The molecule has 3 atom stereocenters. The molecule has 0 bridgehead atoms. The fourth-order valence-corrected chi connectivity index (χ4v) is 15.3. The third-order valence-corrected chi connectivity index (χ3v) is 19.3. The van der Waals surface area contributed by atoms with Gasteiger partial charge in [-0.3, -0.25) is 9.62 Å². The van der Waals surface area contributed by atoms with Crippen molar-refractivity contribution in [1.29, 1.82) is 0 Å². The molecule has 0 amide bonds. The van der Waals surface area contributed by atoms with Crippen molar-refractivity contribution in [3.63, 3.8) is 0 Å². The van der Waals surface area contributed by atoms with Crippen LogP contribution in [0.3, 0.4) is 0 Å². The highest BCUT2D eigenvalue weighted by Crippen LogP contribution is 2.44. The fourth-order valence-electron chi connectivity index (χ4n) is 9.60. The Morgan fingerprint density at radius 2 is 1.80 bits per heavy atom. The molecule has 14 heteroatoms. The van der Waals surface area contributed by atoms with E-state index in [2.05, 4.69) is 72.6 Å². The van der Waals surface area contributed by atoms with Crippen molar-refractivity contribution in [2.45, 2.75) is 109 Å². The fraction of sp³-hybridized carbons (Fsp3) is 0.537. The molecule has 0 spiro atoms. The molecule has 3 fully saturated rings. The molecular formula is C41H51F3N6O3SSi. The van der Waals surface area contributed by atoms with Gasteiger partial charge in [-0.25, -0.2) is 31.6 Å². The van der Waals surface area contributed by atoms with Gasteiger partial charge >= 0.3 is 6.01 Å². The van der Waals surface area contributed by atoms with Crippen molar-refractivity contribution >= 4 is 51.3 Å². The van der Waals surface area contributed by atoms with Crippen molar-refractivity contribution in [2.75, 3.05) is 42.1 Å². The number of aromatic nitrogens is 3. The number of benzene rings is 2. The summed E-state index contributed by atoms with van der Waals surface area (Å²) in [4.78, 5) is 18.2. The van der Waals surface area contributed by atoms with E-state index in [0.717, 1.165) is 32.1 Å². The van der Waals surface area contributed by atoms with Gasteiger partial charge in [-0.15, -0.1) is 5.54 Å². The second-order valence-electron chi connectivity index (χ2n) is 16.8. The number of anilines is 2. The number of nitrogens with zero attached hydrogens (tertiary/aromatic N) is 5. The standard InChI is InChI=1S/C41H51F3N6O3SSi/c1-24(2)55(25(3)4,26(5)6)17-13-31-34(43)11-10-28-18-30(48-54(8,51)52)19-32(35(28)31)37-36(44)38-33(39(46-37)50-16-12-27(50)7)21-45-40(47-38)53-23-41-14-9-15-49(41)22-29(42)20-41/h10-11,18-19,21,24-27,29,48H,9,12,14-16,20,22-23H2,1-8H3/t27-,29+,41-/m0/s1. The Labute approximate surface area is 323 Å². The quantitative estimate of drug-likeness (QED) is 0.126. The highest BCUT2D eigenvalue weighted by Gasteiger charge is 2.49. The van der Waals surface area contributed by atoms with Crippen LogP contribution in [0.4, 0.5) is 24.7 Å². The highest BCUT2D eigenvalue weighted by atomic mass is 32.2. The zero-order valence-electron chi connectivity index (χ0n) is 32.9. The van der Waals surface area contributed by atoms with E-state index in [-0.39, 0.29) is 63.3 Å². The summed E-state index contributed by atoms with van der Waals surface area (Å²) in [6.07, 6.45) is 4.62. The molecule has 2 aromatic carbocycles. The van der Waals surface area contributed by atoms with Crippen LogP contribution in [-0.2, 0) is 10.0 Å². The molecule has 3 aliphatic heterocycles. The smallest absolute Gasteiger partial charge is 0.317 e. The number of fused-ring (bicyclic) bond motifs is 3. The van der Waals surface area contributed by atoms with Crippen LogP contribution < -0.4 is 14.4 Å². The Kier molecular flexibility index (Phi) is 10.4. The minimum Gasteiger partial charge on any atom is -0.461 e. The first-order valence-electron chi connectivity index (χ1n) is 19.4. The topological polar surface area (TPSA) is 101 Å². The van der Waals surface area contributed by atoms with E-state index in [4.69, 9.17) is 9.72 Å². The second kappa shape index (κ2) is 14.5. The number of sulfonamides is 1. The largest absolute Gasteiger partial charge is 0.461 e. The molecule has 5 heterocycles. The van der Waals surface area contributed by atoms with Crippen molar-refractivity contribution < 1.29 is 26.3 Å². The van der Waals surface area contributed by atoms with Gasteiger partial charge in [0.2, 0.25) is 10.0 Å².